The lowest BCUT2D eigenvalue weighted by Gasteiger charge is -2.01. The van der Waals surface area contributed by atoms with E-state index < -0.39 is 0 Å². The summed E-state index contributed by atoms with van der Waals surface area (Å²) < 4.78 is 0. The fraction of sp³-hybridized carbons (Fsp3) is 0.647. The molecule has 0 nitrogen and oxygen atoms in total. The van der Waals surface area contributed by atoms with Crippen molar-refractivity contribution >= 4 is 10.9 Å². The number of hydrogen-bond donors (Lipinski definition) is 0. The summed E-state index contributed by atoms with van der Waals surface area (Å²) in [5, 5.41) is 0. The van der Waals surface area contributed by atoms with E-state index in [4.69, 9.17) is 0 Å². The second-order valence-corrected chi connectivity index (χ2v) is 7.92. The summed E-state index contributed by atoms with van der Waals surface area (Å²) in [6.45, 7) is 8.86. The molecule has 0 aromatic carbocycles. The minimum absolute atomic E-state index is 0.542. The lowest BCUT2D eigenvalue weighted by atomic mass is 10.1. The summed E-state index contributed by atoms with van der Waals surface area (Å²) in [7, 11) is 0.542. The maximum Gasteiger partial charge on any atom is 0.126 e. The SMILES string of the molecule is CC(C)=CCCC(C)=CCCC(C)=CC[S+](C)C. The summed E-state index contributed by atoms with van der Waals surface area (Å²) in [6, 6.07) is 0. The third-order valence-electron chi connectivity index (χ3n) is 2.89. The van der Waals surface area contributed by atoms with Crippen molar-refractivity contribution in [2.24, 2.45) is 0 Å². The van der Waals surface area contributed by atoms with Gasteiger partial charge in [0.05, 0.1) is 12.5 Å². The van der Waals surface area contributed by atoms with Crippen molar-refractivity contribution in [3.05, 3.63) is 34.9 Å². The lowest BCUT2D eigenvalue weighted by Crippen LogP contribution is -1.98. The molecule has 0 fully saturated rings. The van der Waals surface area contributed by atoms with Crippen LogP contribution in [0.2, 0.25) is 0 Å². The highest BCUT2D eigenvalue weighted by molar-refractivity contribution is 7.95. The lowest BCUT2D eigenvalue weighted by molar-refractivity contribution is 0.917. The monoisotopic (exact) mass is 267 g/mol. The maximum absolute atomic E-state index is 2.41. The van der Waals surface area contributed by atoms with Gasteiger partial charge in [-0.2, -0.15) is 0 Å². The van der Waals surface area contributed by atoms with Gasteiger partial charge in [-0.15, -0.1) is 0 Å². The van der Waals surface area contributed by atoms with Crippen molar-refractivity contribution in [1.29, 1.82) is 0 Å². The van der Waals surface area contributed by atoms with E-state index in [0.29, 0.717) is 10.9 Å². The van der Waals surface area contributed by atoms with Gasteiger partial charge < -0.3 is 0 Å². The molecule has 0 saturated carbocycles. The van der Waals surface area contributed by atoms with E-state index in [1.807, 2.05) is 0 Å². The van der Waals surface area contributed by atoms with E-state index in [-0.39, 0.29) is 0 Å². The average molecular weight is 268 g/mol. The normalized spacial score (nSPS) is 13.1. The molecule has 0 aliphatic heterocycles. The molecule has 0 aliphatic carbocycles. The zero-order chi connectivity index (χ0) is 14.0. The molecule has 0 aliphatic rings. The molecule has 0 rings (SSSR count). The minimum atomic E-state index is 0.542. The Morgan fingerprint density at radius 1 is 0.778 bits per heavy atom. The first-order valence-corrected chi connectivity index (χ1v) is 9.11. The van der Waals surface area contributed by atoms with Crippen LogP contribution in [0.15, 0.2) is 34.9 Å². The van der Waals surface area contributed by atoms with Gasteiger partial charge in [0.25, 0.3) is 0 Å². The smallest absolute Gasteiger partial charge is 0.0856 e. The van der Waals surface area contributed by atoms with Gasteiger partial charge in [-0.05, 0) is 70.3 Å². The van der Waals surface area contributed by atoms with Crippen molar-refractivity contribution in [3.8, 4) is 0 Å². The van der Waals surface area contributed by atoms with Crippen molar-refractivity contribution in [2.45, 2.75) is 53.4 Å². The average Bonchev–Trinajstić information content (AvgIpc) is 2.25. The van der Waals surface area contributed by atoms with Gasteiger partial charge in [-0.1, -0.05) is 28.9 Å². The Hall–Kier alpha value is -0.430. The molecular weight excluding hydrogens is 236 g/mol. The van der Waals surface area contributed by atoms with E-state index in [9.17, 15) is 0 Å². The summed E-state index contributed by atoms with van der Waals surface area (Å²) in [5.74, 6) is 1.25. The Bertz CT molecular complexity index is 302. The first kappa shape index (κ1) is 17.6. The van der Waals surface area contributed by atoms with Gasteiger partial charge in [0.15, 0.2) is 0 Å². The quantitative estimate of drug-likeness (QED) is 0.414. The molecule has 0 aromatic rings. The van der Waals surface area contributed by atoms with E-state index in [1.54, 1.807) is 5.57 Å². The van der Waals surface area contributed by atoms with Crippen LogP contribution in [-0.4, -0.2) is 18.3 Å². The van der Waals surface area contributed by atoms with Crippen LogP contribution in [0.25, 0.3) is 0 Å². The second-order valence-electron chi connectivity index (χ2n) is 5.61. The van der Waals surface area contributed by atoms with Gasteiger partial charge in [0.1, 0.15) is 5.75 Å². The third-order valence-corrected chi connectivity index (χ3v) is 3.72. The zero-order valence-electron chi connectivity index (χ0n) is 13.2. The summed E-state index contributed by atoms with van der Waals surface area (Å²) in [5.41, 5.74) is 4.51. The van der Waals surface area contributed by atoms with Crippen molar-refractivity contribution in [2.75, 3.05) is 18.3 Å². The molecule has 0 amide bonds. The van der Waals surface area contributed by atoms with Crippen LogP contribution in [0.1, 0.15) is 53.4 Å². The van der Waals surface area contributed by atoms with Crippen LogP contribution in [0, 0.1) is 0 Å². The van der Waals surface area contributed by atoms with Crippen LogP contribution in [0.5, 0.6) is 0 Å². The molecule has 0 atom stereocenters. The highest BCUT2D eigenvalue weighted by Gasteiger charge is 1.98. The molecular formula is C17H31S+. The van der Waals surface area contributed by atoms with Crippen LogP contribution in [0.4, 0.5) is 0 Å². The van der Waals surface area contributed by atoms with Gasteiger partial charge in [-0.3, -0.25) is 0 Å². The molecule has 1 heteroatoms. The minimum Gasteiger partial charge on any atom is -0.0856 e. The van der Waals surface area contributed by atoms with Gasteiger partial charge >= 0.3 is 0 Å². The van der Waals surface area contributed by atoms with Crippen LogP contribution in [0.3, 0.4) is 0 Å². The molecule has 0 unspecified atom stereocenters. The molecule has 0 N–H and O–H groups in total. The largest absolute Gasteiger partial charge is 0.126 e. The number of allylic oxidation sites excluding steroid dienone is 5. The van der Waals surface area contributed by atoms with Crippen LogP contribution in [-0.2, 0) is 10.9 Å². The van der Waals surface area contributed by atoms with Gasteiger partial charge in [0, 0.05) is 0 Å². The van der Waals surface area contributed by atoms with E-state index >= 15 is 0 Å². The predicted octanol–water partition coefficient (Wildman–Crippen LogP) is 5.28. The zero-order valence-corrected chi connectivity index (χ0v) is 14.0. The third kappa shape index (κ3) is 12.0. The van der Waals surface area contributed by atoms with Gasteiger partial charge in [0.2, 0.25) is 0 Å². The first-order chi connectivity index (χ1) is 8.41. The van der Waals surface area contributed by atoms with E-state index in [1.165, 1.54) is 42.6 Å². The van der Waals surface area contributed by atoms with E-state index in [0.717, 1.165) is 0 Å². The maximum atomic E-state index is 2.41. The Balaban J connectivity index is 3.86. The summed E-state index contributed by atoms with van der Waals surface area (Å²) in [4.78, 5) is 0. The Kier molecular flexibility index (Phi) is 10.2. The Morgan fingerprint density at radius 2 is 1.28 bits per heavy atom. The fourth-order valence-electron chi connectivity index (χ4n) is 1.65. The standard InChI is InChI=1S/C17H31S/c1-15(2)9-7-10-16(3)11-8-12-17(4)13-14-18(5)6/h9,11,13H,7-8,10,12,14H2,1-6H3/q+1. The first-order valence-electron chi connectivity index (χ1n) is 6.90. The number of rotatable bonds is 8. The Labute approximate surface area is 118 Å². The number of hydrogen-bond acceptors (Lipinski definition) is 0. The topological polar surface area (TPSA) is 0 Å². The molecule has 18 heavy (non-hydrogen) atoms. The molecule has 0 heterocycles. The molecule has 104 valence electrons. The van der Waals surface area contributed by atoms with Gasteiger partial charge in [-0.25, -0.2) is 0 Å². The molecule has 0 radical (unpaired) electrons. The van der Waals surface area contributed by atoms with Crippen LogP contribution >= 0.6 is 0 Å². The van der Waals surface area contributed by atoms with Crippen LogP contribution < -0.4 is 0 Å². The molecule has 0 saturated heterocycles. The fourth-order valence-corrected chi connectivity index (χ4v) is 2.27. The second kappa shape index (κ2) is 10.5. The van der Waals surface area contributed by atoms with Crippen molar-refractivity contribution in [3.63, 3.8) is 0 Å². The van der Waals surface area contributed by atoms with Crippen molar-refractivity contribution < 1.29 is 0 Å². The molecule has 0 aromatic heterocycles. The Morgan fingerprint density at radius 3 is 1.78 bits per heavy atom. The predicted molar refractivity (Wildman–Crippen MR) is 89.5 cm³/mol. The van der Waals surface area contributed by atoms with E-state index in [2.05, 4.69) is 58.4 Å². The summed E-state index contributed by atoms with van der Waals surface area (Å²) in [6.07, 6.45) is 16.6. The highest BCUT2D eigenvalue weighted by Crippen LogP contribution is 2.11. The molecule has 0 bridgehead atoms. The highest BCUT2D eigenvalue weighted by atomic mass is 32.2. The summed E-state index contributed by atoms with van der Waals surface area (Å²) >= 11 is 0. The van der Waals surface area contributed by atoms with Crippen molar-refractivity contribution in [1.82, 2.24) is 0 Å². The molecule has 0 spiro atoms.